The molecule has 0 unspecified atom stereocenters. The van der Waals surface area contributed by atoms with Gasteiger partial charge in [-0.15, -0.1) is 11.6 Å². The van der Waals surface area contributed by atoms with E-state index in [0.29, 0.717) is 11.4 Å². The first-order valence-corrected chi connectivity index (χ1v) is 7.37. The van der Waals surface area contributed by atoms with Crippen molar-refractivity contribution in [3.8, 4) is 0 Å². The number of hydrogen-bond donors (Lipinski definition) is 0. The summed E-state index contributed by atoms with van der Waals surface area (Å²) in [6.07, 6.45) is 5.93. The standard InChI is InChI=1S/C15H19ClN2/c1-2-15(9-5-10-15)18-13-7-4-3-6-12(13)17-14(18)8-11-16/h3-4,6-7H,2,5,8-11H2,1H3. The Morgan fingerprint density at radius 1 is 1.33 bits per heavy atom. The van der Waals surface area contributed by atoms with Crippen LogP contribution < -0.4 is 0 Å². The molecule has 1 aliphatic carbocycles. The van der Waals surface area contributed by atoms with Gasteiger partial charge in [0, 0.05) is 17.8 Å². The molecule has 3 rings (SSSR count). The number of aryl methyl sites for hydroxylation is 1. The molecule has 0 radical (unpaired) electrons. The van der Waals surface area contributed by atoms with Gasteiger partial charge in [-0.2, -0.15) is 0 Å². The summed E-state index contributed by atoms with van der Waals surface area (Å²) in [6, 6.07) is 8.46. The predicted molar refractivity (Wildman–Crippen MR) is 76.3 cm³/mol. The summed E-state index contributed by atoms with van der Waals surface area (Å²) >= 11 is 5.94. The van der Waals surface area contributed by atoms with E-state index in [-0.39, 0.29) is 0 Å². The van der Waals surface area contributed by atoms with Crippen molar-refractivity contribution in [2.45, 2.75) is 44.6 Å². The highest BCUT2D eigenvalue weighted by Crippen LogP contribution is 2.44. The third kappa shape index (κ3) is 1.66. The highest BCUT2D eigenvalue weighted by atomic mass is 35.5. The SMILES string of the molecule is CCC1(n2c(CCCl)nc3ccccc32)CCC1. The molecule has 1 fully saturated rings. The molecule has 1 aliphatic rings. The monoisotopic (exact) mass is 262 g/mol. The Labute approximate surface area is 113 Å². The van der Waals surface area contributed by atoms with Crippen LogP contribution in [0.4, 0.5) is 0 Å². The first-order valence-electron chi connectivity index (χ1n) is 6.83. The number of halogens is 1. The number of alkyl halides is 1. The summed E-state index contributed by atoms with van der Waals surface area (Å²) in [5, 5.41) is 0. The molecular weight excluding hydrogens is 244 g/mol. The maximum absolute atomic E-state index is 5.94. The normalized spacial score (nSPS) is 17.9. The molecule has 1 heterocycles. The number of imidazole rings is 1. The van der Waals surface area contributed by atoms with E-state index in [2.05, 4.69) is 35.8 Å². The zero-order valence-electron chi connectivity index (χ0n) is 10.8. The molecule has 0 atom stereocenters. The molecule has 0 spiro atoms. The molecule has 18 heavy (non-hydrogen) atoms. The first-order chi connectivity index (χ1) is 8.80. The molecule has 0 saturated heterocycles. The van der Waals surface area contributed by atoms with Crippen molar-refractivity contribution in [3.05, 3.63) is 30.1 Å². The van der Waals surface area contributed by atoms with Crippen LogP contribution in [0.25, 0.3) is 11.0 Å². The van der Waals surface area contributed by atoms with Crippen LogP contribution >= 0.6 is 11.6 Å². The number of fused-ring (bicyclic) bond motifs is 1. The van der Waals surface area contributed by atoms with Gasteiger partial charge >= 0.3 is 0 Å². The number of nitrogens with zero attached hydrogens (tertiary/aromatic N) is 2. The zero-order chi connectivity index (χ0) is 12.6. The number of para-hydroxylation sites is 2. The lowest BCUT2D eigenvalue weighted by Gasteiger charge is -2.44. The average molecular weight is 263 g/mol. The number of rotatable bonds is 4. The Hall–Kier alpha value is -1.02. The van der Waals surface area contributed by atoms with E-state index in [1.54, 1.807) is 0 Å². The fraction of sp³-hybridized carbons (Fsp3) is 0.533. The predicted octanol–water partition coefficient (Wildman–Crippen LogP) is 4.11. The van der Waals surface area contributed by atoms with Gasteiger partial charge in [0.05, 0.1) is 11.0 Å². The second-order valence-electron chi connectivity index (χ2n) is 5.22. The minimum absolute atomic E-state index is 0.303. The Morgan fingerprint density at radius 2 is 2.11 bits per heavy atom. The Morgan fingerprint density at radius 3 is 2.72 bits per heavy atom. The molecule has 2 aromatic rings. The van der Waals surface area contributed by atoms with Crippen LogP contribution in [-0.4, -0.2) is 15.4 Å². The highest BCUT2D eigenvalue weighted by molar-refractivity contribution is 6.17. The molecule has 0 amide bonds. The van der Waals surface area contributed by atoms with Crippen LogP contribution in [0.2, 0.25) is 0 Å². The third-order valence-corrected chi connectivity index (χ3v) is 4.55. The van der Waals surface area contributed by atoms with E-state index < -0.39 is 0 Å². The van der Waals surface area contributed by atoms with Crippen LogP contribution in [0.15, 0.2) is 24.3 Å². The molecule has 0 bridgehead atoms. The molecule has 1 saturated carbocycles. The minimum Gasteiger partial charge on any atom is -0.322 e. The first kappa shape index (κ1) is 12.0. The second kappa shape index (κ2) is 4.58. The van der Waals surface area contributed by atoms with Crippen LogP contribution in [0.1, 0.15) is 38.4 Å². The van der Waals surface area contributed by atoms with Crippen LogP contribution in [0, 0.1) is 0 Å². The molecule has 3 heteroatoms. The van der Waals surface area contributed by atoms with Crippen molar-refractivity contribution in [1.82, 2.24) is 9.55 Å². The van der Waals surface area contributed by atoms with Gasteiger partial charge in [-0.1, -0.05) is 19.1 Å². The van der Waals surface area contributed by atoms with Gasteiger partial charge in [0.2, 0.25) is 0 Å². The topological polar surface area (TPSA) is 17.8 Å². The van der Waals surface area contributed by atoms with E-state index in [1.807, 2.05) is 0 Å². The molecule has 2 nitrogen and oxygen atoms in total. The quantitative estimate of drug-likeness (QED) is 0.759. The Bertz CT molecular complexity index is 549. The van der Waals surface area contributed by atoms with Crippen LogP contribution in [0.3, 0.4) is 0 Å². The Kier molecular flexibility index (Phi) is 3.06. The summed E-state index contributed by atoms with van der Waals surface area (Å²) in [5.41, 5.74) is 2.69. The van der Waals surface area contributed by atoms with E-state index in [9.17, 15) is 0 Å². The zero-order valence-corrected chi connectivity index (χ0v) is 11.6. The fourth-order valence-electron chi connectivity index (χ4n) is 3.18. The van der Waals surface area contributed by atoms with Crippen molar-refractivity contribution in [3.63, 3.8) is 0 Å². The van der Waals surface area contributed by atoms with Gasteiger partial charge < -0.3 is 4.57 Å². The number of hydrogen-bond acceptors (Lipinski definition) is 1. The Balaban J connectivity index is 2.20. The van der Waals surface area contributed by atoms with Gasteiger partial charge in [0.15, 0.2) is 0 Å². The van der Waals surface area contributed by atoms with E-state index >= 15 is 0 Å². The van der Waals surface area contributed by atoms with E-state index in [4.69, 9.17) is 16.6 Å². The summed E-state index contributed by atoms with van der Waals surface area (Å²) in [5.74, 6) is 1.80. The van der Waals surface area contributed by atoms with Crippen LogP contribution in [0.5, 0.6) is 0 Å². The van der Waals surface area contributed by atoms with Crippen molar-refractivity contribution in [2.24, 2.45) is 0 Å². The third-order valence-electron chi connectivity index (χ3n) is 4.37. The number of aromatic nitrogens is 2. The molecular formula is C15H19ClN2. The molecule has 0 N–H and O–H groups in total. The second-order valence-corrected chi connectivity index (χ2v) is 5.60. The van der Waals surface area contributed by atoms with Gasteiger partial charge in [-0.3, -0.25) is 0 Å². The van der Waals surface area contributed by atoms with Crippen molar-refractivity contribution in [1.29, 1.82) is 0 Å². The van der Waals surface area contributed by atoms with Crippen LogP contribution in [-0.2, 0) is 12.0 Å². The maximum atomic E-state index is 5.94. The highest BCUT2D eigenvalue weighted by Gasteiger charge is 2.39. The average Bonchev–Trinajstić information content (AvgIpc) is 2.69. The largest absolute Gasteiger partial charge is 0.322 e. The lowest BCUT2D eigenvalue weighted by atomic mass is 9.74. The number of benzene rings is 1. The molecule has 1 aromatic carbocycles. The summed E-state index contributed by atoms with van der Waals surface area (Å²) < 4.78 is 2.48. The lowest BCUT2D eigenvalue weighted by molar-refractivity contribution is 0.137. The van der Waals surface area contributed by atoms with Gasteiger partial charge in [0.1, 0.15) is 5.82 Å². The molecule has 1 aromatic heterocycles. The maximum Gasteiger partial charge on any atom is 0.111 e. The molecule has 96 valence electrons. The van der Waals surface area contributed by atoms with Crippen molar-refractivity contribution >= 4 is 22.6 Å². The summed E-state index contributed by atoms with van der Waals surface area (Å²) in [6.45, 7) is 2.29. The van der Waals surface area contributed by atoms with Gasteiger partial charge in [0.25, 0.3) is 0 Å². The van der Waals surface area contributed by atoms with Crippen molar-refractivity contribution < 1.29 is 0 Å². The van der Waals surface area contributed by atoms with E-state index in [1.165, 1.54) is 31.2 Å². The van der Waals surface area contributed by atoms with E-state index in [0.717, 1.165) is 17.8 Å². The fourth-order valence-corrected chi connectivity index (χ4v) is 3.35. The van der Waals surface area contributed by atoms with Gasteiger partial charge in [-0.05, 0) is 37.8 Å². The lowest BCUT2D eigenvalue weighted by Crippen LogP contribution is -2.41. The summed E-state index contributed by atoms with van der Waals surface area (Å²) in [4.78, 5) is 4.78. The molecule has 0 aliphatic heterocycles. The van der Waals surface area contributed by atoms with Gasteiger partial charge in [-0.25, -0.2) is 4.98 Å². The minimum atomic E-state index is 0.303. The smallest absolute Gasteiger partial charge is 0.111 e. The summed E-state index contributed by atoms with van der Waals surface area (Å²) in [7, 11) is 0. The van der Waals surface area contributed by atoms with Crippen molar-refractivity contribution in [2.75, 3.05) is 5.88 Å².